The second-order valence-corrected chi connectivity index (χ2v) is 5.48. The van der Waals surface area contributed by atoms with Crippen LogP contribution >= 0.6 is 11.6 Å². The normalized spacial score (nSPS) is 12.5. The monoisotopic (exact) mass is 298 g/mol. The number of carbonyl (C=O) groups excluding carboxylic acids is 1. The first-order valence-corrected chi connectivity index (χ1v) is 7.12. The second-order valence-electron chi connectivity index (χ2n) is 5.04. The number of ether oxygens (including phenoxy) is 1. The Bertz CT molecular complexity index is 434. The summed E-state index contributed by atoms with van der Waals surface area (Å²) in [5, 5.41) is 0.676. The average Bonchev–Trinajstić information content (AvgIpc) is 2.41. The second kappa shape index (κ2) is 8.25. The van der Waals surface area contributed by atoms with Gasteiger partial charge in [0.2, 0.25) is 5.91 Å². The number of nitrogens with zero attached hydrogens (tertiary/aromatic N) is 1. The summed E-state index contributed by atoms with van der Waals surface area (Å²) in [6.07, 6.45) is 0.0641. The van der Waals surface area contributed by atoms with Gasteiger partial charge in [0.05, 0.1) is 12.5 Å². The summed E-state index contributed by atoms with van der Waals surface area (Å²) in [6, 6.07) is 7.66. The van der Waals surface area contributed by atoms with Gasteiger partial charge in [-0.25, -0.2) is 0 Å². The third kappa shape index (κ3) is 5.12. The number of hydrogen-bond acceptors (Lipinski definition) is 3. The van der Waals surface area contributed by atoms with Crippen LogP contribution in [-0.4, -0.2) is 36.6 Å². The van der Waals surface area contributed by atoms with Crippen LogP contribution in [0.1, 0.15) is 25.8 Å². The molecule has 0 aromatic heterocycles. The van der Waals surface area contributed by atoms with Gasteiger partial charge in [-0.15, -0.1) is 0 Å². The molecule has 2 N–H and O–H groups in total. The zero-order valence-electron chi connectivity index (χ0n) is 12.3. The number of methoxy groups -OCH3 is 1. The molecule has 0 saturated heterocycles. The van der Waals surface area contributed by atoms with Crippen molar-refractivity contribution in [3.8, 4) is 0 Å². The van der Waals surface area contributed by atoms with E-state index >= 15 is 0 Å². The molecule has 0 bridgehead atoms. The fourth-order valence-electron chi connectivity index (χ4n) is 1.97. The summed E-state index contributed by atoms with van der Waals surface area (Å²) in [5.41, 5.74) is 6.58. The van der Waals surface area contributed by atoms with Crippen LogP contribution in [0, 0.1) is 0 Å². The van der Waals surface area contributed by atoms with Gasteiger partial charge in [0, 0.05) is 31.3 Å². The van der Waals surface area contributed by atoms with Gasteiger partial charge in [-0.2, -0.15) is 0 Å². The standard InChI is InChI=1S/C15H23ClN2O2/c1-11(2)18(15(19)8-14(9-17)20-3)10-12-5-4-6-13(16)7-12/h4-7,11,14H,8-10,17H2,1-3H3. The minimum absolute atomic E-state index is 0.0391. The maximum absolute atomic E-state index is 12.4. The fourth-order valence-corrected chi connectivity index (χ4v) is 2.18. The van der Waals surface area contributed by atoms with Crippen LogP contribution in [0.3, 0.4) is 0 Å². The lowest BCUT2D eigenvalue weighted by atomic mass is 10.1. The van der Waals surface area contributed by atoms with Gasteiger partial charge < -0.3 is 15.4 Å². The number of rotatable bonds is 7. The first-order chi connectivity index (χ1) is 9.47. The predicted octanol–water partition coefficient (Wildman–Crippen LogP) is 2.44. The number of hydrogen-bond donors (Lipinski definition) is 1. The molecule has 1 aromatic carbocycles. The first kappa shape index (κ1) is 17.0. The van der Waals surface area contributed by atoms with Crippen LogP contribution < -0.4 is 5.73 Å². The van der Waals surface area contributed by atoms with Crippen LogP contribution in [-0.2, 0) is 16.1 Å². The Morgan fingerprint density at radius 2 is 2.15 bits per heavy atom. The molecule has 0 saturated carbocycles. The third-order valence-corrected chi connectivity index (χ3v) is 3.42. The van der Waals surface area contributed by atoms with Crippen LogP contribution in [0.4, 0.5) is 0 Å². The lowest BCUT2D eigenvalue weighted by Crippen LogP contribution is -2.39. The Morgan fingerprint density at radius 3 is 2.65 bits per heavy atom. The molecule has 1 unspecified atom stereocenters. The van der Waals surface area contributed by atoms with E-state index in [1.165, 1.54) is 0 Å². The van der Waals surface area contributed by atoms with E-state index in [1.807, 2.05) is 43.0 Å². The zero-order chi connectivity index (χ0) is 15.1. The Balaban J connectivity index is 2.76. The van der Waals surface area contributed by atoms with E-state index in [2.05, 4.69) is 0 Å². The van der Waals surface area contributed by atoms with Crippen LogP contribution in [0.25, 0.3) is 0 Å². The van der Waals surface area contributed by atoms with Crippen molar-refractivity contribution < 1.29 is 9.53 Å². The molecule has 0 fully saturated rings. The molecule has 0 spiro atoms. The minimum Gasteiger partial charge on any atom is -0.380 e. The summed E-state index contributed by atoms with van der Waals surface area (Å²) in [6.45, 7) is 4.86. The van der Waals surface area contributed by atoms with Gasteiger partial charge in [-0.05, 0) is 31.5 Å². The van der Waals surface area contributed by atoms with Crippen molar-refractivity contribution in [1.82, 2.24) is 4.90 Å². The predicted molar refractivity (Wildman–Crippen MR) is 81.6 cm³/mol. The molecule has 4 nitrogen and oxygen atoms in total. The van der Waals surface area contributed by atoms with Gasteiger partial charge in [-0.1, -0.05) is 23.7 Å². The van der Waals surface area contributed by atoms with Gasteiger partial charge in [-0.3, -0.25) is 4.79 Å². The number of benzene rings is 1. The number of amides is 1. The average molecular weight is 299 g/mol. The van der Waals surface area contributed by atoms with Gasteiger partial charge in [0.25, 0.3) is 0 Å². The van der Waals surface area contributed by atoms with E-state index in [9.17, 15) is 4.79 Å². The molecule has 0 aliphatic carbocycles. The largest absolute Gasteiger partial charge is 0.380 e. The highest BCUT2D eigenvalue weighted by atomic mass is 35.5. The SMILES string of the molecule is COC(CN)CC(=O)N(Cc1cccc(Cl)c1)C(C)C. The van der Waals surface area contributed by atoms with Crippen molar-refractivity contribution in [2.75, 3.05) is 13.7 Å². The molecule has 5 heteroatoms. The topological polar surface area (TPSA) is 55.6 Å². The third-order valence-electron chi connectivity index (χ3n) is 3.18. The molecule has 0 radical (unpaired) electrons. The summed E-state index contributed by atoms with van der Waals surface area (Å²) >= 11 is 5.98. The summed E-state index contributed by atoms with van der Waals surface area (Å²) in [4.78, 5) is 14.2. The number of carbonyl (C=O) groups is 1. The van der Waals surface area contributed by atoms with E-state index < -0.39 is 0 Å². The highest BCUT2D eigenvalue weighted by Crippen LogP contribution is 2.15. The van der Waals surface area contributed by atoms with Crippen LogP contribution in [0.2, 0.25) is 5.02 Å². The smallest absolute Gasteiger partial charge is 0.225 e. The van der Waals surface area contributed by atoms with Gasteiger partial charge in [0.15, 0.2) is 0 Å². The molecule has 1 aromatic rings. The molecule has 0 aliphatic heterocycles. The first-order valence-electron chi connectivity index (χ1n) is 6.74. The Kier molecular flexibility index (Phi) is 6.99. The highest BCUT2D eigenvalue weighted by molar-refractivity contribution is 6.30. The molecule has 20 heavy (non-hydrogen) atoms. The lowest BCUT2D eigenvalue weighted by Gasteiger charge is -2.28. The van der Waals surface area contributed by atoms with Crippen molar-refractivity contribution in [1.29, 1.82) is 0 Å². The highest BCUT2D eigenvalue weighted by Gasteiger charge is 2.20. The zero-order valence-corrected chi connectivity index (χ0v) is 13.1. The fraction of sp³-hybridized carbons (Fsp3) is 0.533. The number of halogens is 1. The molecular formula is C15H23ClN2O2. The quantitative estimate of drug-likeness (QED) is 0.841. The molecular weight excluding hydrogens is 276 g/mol. The van der Waals surface area contributed by atoms with Crippen molar-refractivity contribution in [2.24, 2.45) is 5.73 Å². The summed E-state index contributed by atoms with van der Waals surface area (Å²) in [5.74, 6) is 0.0391. The molecule has 1 rings (SSSR count). The molecule has 112 valence electrons. The maximum atomic E-state index is 12.4. The van der Waals surface area contributed by atoms with E-state index in [-0.39, 0.29) is 18.1 Å². The van der Waals surface area contributed by atoms with Crippen molar-refractivity contribution in [3.05, 3.63) is 34.9 Å². The molecule has 1 atom stereocenters. The van der Waals surface area contributed by atoms with Crippen LogP contribution in [0.5, 0.6) is 0 Å². The number of nitrogens with two attached hydrogens (primary N) is 1. The minimum atomic E-state index is -0.233. The van der Waals surface area contributed by atoms with Crippen molar-refractivity contribution >= 4 is 17.5 Å². The summed E-state index contributed by atoms with van der Waals surface area (Å²) < 4.78 is 5.18. The Labute approximate surface area is 125 Å². The Hall–Kier alpha value is -1.10. The van der Waals surface area contributed by atoms with Gasteiger partial charge >= 0.3 is 0 Å². The molecule has 0 heterocycles. The molecule has 0 aliphatic rings. The van der Waals surface area contributed by atoms with E-state index in [0.29, 0.717) is 24.5 Å². The van der Waals surface area contributed by atoms with E-state index in [1.54, 1.807) is 7.11 Å². The van der Waals surface area contributed by atoms with E-state index in [0.717, 1.165) is 5.56 Å². The lowest BCUT2D eigenvalue weighted by molar-refractivity contribution is -0.136. The maximum Gasteiger partial charge on any atom is 0.225 e. The Morgan fingerprint density at radius 1 is 1.45 bits per heavy atom. The van der Waals surface area contributed by atoms with Gasteiger partial charge in [0.1, 0.15) is 0 Å². The van der Waals surface area contributed by atoms with Crippen molar-refractivity contribution in [2.45, 2.75) is 39.0 Å². The molecule has 1 amide bonds. The van der Waals surface area contributed by atoms with E-state index in [4.69, 9.17) is 22.1 Å². The van der Waals surface area contributed by atoms with Crippen LogP contribution in [0.15, 0.2) is 24.3 Å². The summed E-state index contributed by atoms with van der Waals surface area (Å²) in [7, 11) is 1.57. The van der Waals surface area contributed by atoms with Crippen molar-refractivity contribution in [3.63, 3.8) is 0 Å².